The lowest BCUT2D eigenvalue weighted by molar-refractivity contribution is 0.0925. The molecule has 2 N–H and O–H groups in total. The zero-order valence-corrected chi connectivity index (χ0v) is 17.5. The Balaban J connectivity index is 1.53. The Morgan fingerprint density at radius 2 is 1.58 bits per heavy atom. The van der Waals surface area contributed by atoms with Gasteiger partial charge >= 0.3 is 0 Å². The van der Waals surface area contributed by atoms with E-state index in [1.165, 1.54) is 19.2 Å². The van der Waals surface area contributed by atoms with E-state index in [9.17, 15) is 19.5 Å². The van der Waals surface area contributed by atoms with Crippen molar-refractivity contribution in [1.29, 1.82) is 0 Å². The van der Waals surface area contributed by atoms with Crippen LogP contribution in [-0.4, -0.2) is 29.9 Å². The summed E-state index contributed by atoms with van der Waals surface area (Å²) in [5.41, 5.74) is 0.814. The van der Waals surface area contributed by atoms with Crippen LogP contribution in [0.15, 0.2) is 78.9 Å². The molecule has 1 aliphatic rings. The van der Waals surface area contributed by atoms with Gasteiger partial charge in [0.05, 0.1) is 35.2 Å². The van der Waals surface area contributed by atoms with E-state index in [0.29, 0.717) is 11.4 Å². The number of imide groups is 1. The van der Waals surface area contributed by atoms with Gasteiger partial charge in [0, 0.05) is 0 Å². The first-order valence-corrected chi connectivity index (χ1v) is 10.2. The van der Waals surface area contributed by atoms with Crippen LogP contribution < -0.4 is 15.0 Å². The Morgan fingerprint density at radius 1 is 0.879 bits per heavy atom. The van der Waals surface area contributed by atoms with Gasteiger partial charge in [-0.25, -0.2) is 4.90 Å². The number of phenolic OH excluding ortho intramolecular Hbond substituents is 1. The maximum atomic E-state index is 13.3. The summed E-state index contributed by atoms with van der Waals surface area (Å²) in [5.74, 6) is -1.49. The molecule has 33 heavy (non-hydrogen) atoms. The Hall–Kier alpha value is -4.65. The fourth-order valence-electron chi connectivity index (χ4n) is 4.02. The summed E-state index contributed by atoms with van der Waals surface area (Å²) in [6.07, 6.45) is 0. The lowest BCUT2D eigenvalue weighted by atomic mass is 10.0. The molecule has 1 heterocycles. The van der Waals surface area contributed by atoms with Gasteiger partial charge in [-0.05, 0) is 47.2 Å². The Labute approximate surface area is 188 Å². The van der Waals surface area contributed by atoms with E-state index in [2.05, 4.69) is 5.32 Å². The van der Waals surface area contributed by atoms with Gasteiger partial charge in [0.15, 0.2) is 0 Å². The first-order chi connectivity index (χ1) is 16.0. The molecule has 0 aromatic heterocycles. The number of ether oxygens (including phenoxy) is 1. The summed E-state index contributed by atoms with van der Waals surface area (Å²) in [5, 5.41) is 14.7. The van der Waals surface area contributed by atoms with Crippen molar-refractivity contribution in [3.8, 4) is 11.5 Å². The van der Waals surface area contributed by atoms with Gasteiger partial charge in [-0.15, -0.1) is 0 Å². The molecular formula is C26H18N2O5. The first kappa shape index (κ1) is 20.3. The van der Waals surface area contributed by atoms with Crippen LogP contribution in [0, 0.1) is 0 Å². The van der Waals surface area contributed by atoms with Gasteiger partial charge in [-0.1, -0.05) is 42.5 Å². The van der Waals surface area contributed by atoms with Gasteiger partial charge in [-0.2, -0.15) is 0 Å². The number of nitrogens with zero attached hydrogens (tertiary/aromatic N) is 1. The van der Waals surface area contributed by atoms with Crippen LogP contribution in [0.3, 0.4) is 0 Å². The van der Waals surface area contributed by atoms with Crippen LogP contribution in [0.2, 0.25) is 0 Å². The third-order valence-corrected chi connectivity index (χ3v) is 5.60. The molecule has 0 radical (unpaired) electrons. The number of phenols is 1. The number of rotatable bonds is 4. The van der Waals surface area contributed by atoms with E-state index in [1.54, 1.807) is 42.5 Å². The van der Waals surface area contributed by atoms with Gasteiger partial charge in [0.2, 0.25) is 0 Å². The number of hydrogen-bond donors (Lipinski definition) is 2. The van der Waals surface area contributed by atoms with E-state index in [4.69, 9.17) is 4.74 Å². The zero-order chi connectivity index (χ0) is 23.1. The van der Waals surface area contributed by atoms with Crippen LogP contribution in [0.25, 0.3) is 10.8 Å². The lowest BCUT2D eigenvalue weighted by Gasteiger charge is -2.17. The number of para-hydroxylation sites is 2. The van der Waals surface area contributed by atoms with Crippen LogP contribution in [0.5, 0.6) is 11.5 Å². The molecule has 5 rings (SSSR count). The van der Waals surface area contributed by atoms with Crippen LogP contribution >= 0.6 is 0 Å². The number of carbonyl (C=O) groups excluding carboxylic acids is 3. The smallest absolute Gasteiger partial charge is 0.268 e. The molecule has 3 amide bonds. The number of hydrogen-bond acceptors (Lipinski definition) is 5. The molecule has 1 aliphatic heterocycles. The molecule has 4 aromatic carbocycles. The fraction of sp³-hybridized carbons (Fsp3) is 0.0385. The molecule has 4 aromatic rings. The second kappa shape index (κ2) is 7.80. The highest BCUT2D eigenvalue weighted by atomic mass is 16.5. The lowest BCUT2D eigenvalue weighted by Crippen LogP contribution is -2.30. The summed E-state index contributed by atoms with van der Waals surface area (Å²) in [7, 11) is 1.46. The summed E-state index contributed by atoms with van der Waals surface area (Å²) in [6, 6.07) is 21.8. The van der Waals surface area contributed by atoms with E-state index in [-0.39, 0.29) is 28.1 Å². The van der Waals surface area contributed by atoms with Crippen LogP contribution in [0.1, 0.15) is 31.1 Å². The maximum Gasteiger partial charge on any atom is 0.268 e. The first-order valence-electron chi connectivity index (χ1n) is 10.2. The van der Waals surface area contributed by atoms with Crippen molar-refractivity contribution >= 4 is 39.9 Å². The number of anilines is 2. The number of aromatic hydroxyl groups is 1. The highest BCUT2D eigenvalue weighted by molar-refractivity contribution is 6.37. The SMILES string of the molecule is COc1ccccc1N1C(=O)c2cccc(NC(=O)c3cc4ccccc4cc3O)c2C1=O. The predicted octanol–water partition coefficient (Wildman–Crippen LogP) is 4.61. The molecule has 0 spiro atoms. The Bertz CT molecular complexity index is 1460. The molecule has 0 aliphatic carbocycles. The molecule has 7 heteroatoms. The minimum absolute atomic E-state index is 0.0599. The molecule has 0 saturated carbocycles. The Morgan fingerprint density at radius 3 is 2.33 bits per heavy atom. The number of benzene rings is 4. The van der Waals surface area contributed by atoms with Gasteiger partial charge < -0.3 is 15.2 Å². The molecule has 0 fully saturated rings. The van der Waals surface area contributed by atoms with Gasteiger partial charge in [0.25, 0.3) is 17.7 Å². The molecule has 0 unspecified atom stereocenters. The second-order valence-electron chi connectivity index (χ2n) is 7.52. The van der Waals surface area contributed by atoms with E-state index >= 15 is 0 Å². The maximum absolute atomic E-state index is 13.3. The number of carbonyl (C=O) groups is 3. The van der Waals surface area contributed by atoms with E-state index < -0.39 is 17.7 Å². The zero-order valence-electron chi connectivity index (χ0n) is 17.5. The van der Waals surface area contributed by atoms with Crippen LogP contribution in [-0.2, 0) is 0 Å². The van der Waals surface area contributed by atoms with Crippen molar-refractivity contribution < 1.29 is 24.2 Å². The fourth-order valence-corrected chi connectivity index (χ4v) is 4.02. The van der Waals surface area contributed by atoms with E-state index in [0.717, 1.165) is 15.7 Å². The van der Waals surface area contributed by atoms with Crippen LogP contribution in [0.4, 0.5) is 11.4 Å². The monoisotopic (exact) mass is 438 g/mol. The van der Waals surface area contributed by atoms with Crippen molar-refractivity contribution in [2.45, 2.75) is 0 Å². The van der Waals surface area contributed by atoms with Crippen molar-refractivity contribution in [3.63, 3.8) is 0 Å². The summed E-state index contributed by atoms with van der Waals surface area (Å²) >= 11 is 0. The summed E-state index contributed by atoms with van der Waals surface area (Å²) in [4.78, 5) is 40.4. The van der Waals surface area contributed by atoms with E-state index in [1.807, 2.05) is 24.3 Å². The molecule has 0 bridgehead atoms. The standard InChI is InChI=1S/C26H18N2O5/c1-33-22-12-5-4-11-20(22)28-25(31)17-9-6-10-19(23(17)26(28)32)27-24(30)18-13-15-7-2-3-8-16(15)14-21(18)29/h2-14,29H,1H3,(H,27,30). The van der Waals surface area contributed by atoms with Gasteiger partial charge in [-0.3, -0.25) is 14.4 Å². The quantitative estimate of drug-likeness (QED) is 0.454. The summed E-state index contributed by atoms with van der Waals surface area (Å²) in [6.45, 7) is 0. The number of methoxy groups -OCH3 is 1. The Kier molecular flexibility index (Phi) is 4.79. The molecule has 162 valence electrons. The topological polar surface area (TPSA) is 95.9 Å². The van der Waals surface area contributed by atoms with Crippen molar-refractivity contribution in [2.24, 2.45) is 0 Å². The summed E-state index contributed by atoms with van der Waals surface area (Å²) < 4.78 is 5.31. The average Bonchev–Trinajstić information content (AvgIpc) is 3.09. The second-order valence-corrected chi connectivity index (χ2v) is 7.52. The highest BCUT2D eigenvalue weighted by Gasteiger charge is 2.40. The molecular weight excluding hydrogens is 420 g/mol. The molecule has 0 atom stereocenters. The average molecular weight is 438 g/mol. The highest BCUT2D eigenvalue weighted by Crippen LogP contribution is 2.37. The number of amides is 3. The molecule has 0 saturated heterocycles. The minimum Gasteiger partial charge on any atom is -0.507 e. The van der Waals surface area contributed by atoms with Crippen molar-refractivity contribution in [1.82, 2.24) is 0 Å². The third-order valence-electron chi connectivity index (χ3n) is 5.60. The largest absolute Gasteiger partial charge is 0.507 e. The third kappa shape index (κ3) is 3.27. The van der Waals surface area contributed by atoms with Crippen molar-refractivity contribution in [2.75, 3.05) is 17.3 Å². The molecule has 7 nitrogen and oxygen atoms in total. The van der Waals surface area contributed by atoms with Crippen molar-refractivity contribution in [3.05, 3.63) is 95.6 Å². The number of fused-ring (bicyclic) bond motifs is 2. The van der Waals surface area contributed by atoms with Gasteiger partial charge in [0.1, 0.15) is 11.5 Å². The predicted molar refractivity (Wildman–Crippen MR) is 124 cm³/mol. The minimum atomic E-state index is -0.595. The normalized spacial score (nSPS) is 12.7. The number of nitrogens with one attached hydrogen (secondary N) is 1.